The highest BCUT2D eigenvalue weighted by atomic mass is 16.6. The van der Waals surface area contributed by atoms with Crippen LogP contribution in [0.1, 0.15) is 24.8 Å². The number of benzene rings is 1. The van der Waals surface area contributed by atoms with Gasteiger partial charge in [-0.05, 0) is 17.5 Å². The lowest BCUT2D eigenvalue weighted by Gasteiger charge is -2.13. The summed E-state index contributed by atoms with van der Waals surface area (Å²) in [6.45, 7) is 1.73. The number of methoxy groups -OCH3 is 1. The summed E-state index contributed by atoms with van der Waals surface area (Å²) in [7, 11) is 1.40. The number of carboxylic acids is 1. The molecule has 0 radical (unpaired) electrons. The van der Waals surface area contributed by atoms with Crippen LogP contribution in [0.5, 0.6) is 5.75 Å². The molecule has 0 fully saturated rings. The third-order valence-corrected chi connectivity index (χ3v) is 2.44. The monoisotopic (exact) mass is 239 g/mol. The van der Waals surface area contributed by atoms with Crippen LogP contribution in [0.2, 0.25) is 0 Å². The lowest BCUT2D eigenvalue weighted by molar-refractivity contribution is -0.384. The Labute approximate surface area is 98.0 Å². The molecular formula is C11H13NO5. The van der Waals surface area contributed by atoms with Gasteiger partial charge in [0.2, 0.25) is 0 Å². The van der Waals surface area contributed by atoms with Crippen molar-refractivity contribution in [3.8, 4) is 5.75 Å². The van der Waals surface area contributed by atoms with Crippen LogP contribution in [0.25, 0.3) is 0 Å². The number of hydrogen-bond acceptors (Lipinski definition) is 4. The van der Waals surface area contributed by atoms with Crippen LogP contribution < -0.4 is 4.74 Å². The quantitative estimate of drug-likeness (QED) is 0.628. The fourth-order valence-corrected chi connectivity index (χ4v) is 1.59. The van der Waals surface area contributed by atoms with Crippen LogP contribution in [-0.2, 0) is 4.79 Å². The molecule has 0 saturated carbocycles. The zero-order chi connectivity index (χ0) is 13.0. The fraction of sp³-hybridized carbons (Fsp3) is 0.364. The summed E-state index contributed by atoms with van der Waals surface area (Å²) in [6, 6.07) is 4.18. The summed E-state index contributed by atoms with van der Waals surface area (Å²) >= 11 is 0. The SMILES string of the molecule is COc1cc([N+](=O)[O-])ccc1C(C)CC(=O)O. The normalized spacial score (nSPS) is 11.9. The number of aliphatic carboxylic acids is 1. The average Bonchev–Trinajstić information content (AvgIpc) is 2.27. The van der Waals surface area contributed by atoms with Crippen molar-refractivity contribution in [1.29, 1.82) is 0 Å². The van der Waals surface area contributed by atoms with Crippen molar-refractivity contribution in [3.63, 3.8) is 0 Å². The molecule has 0 amide bonds. The second-order valence-electron chi connectivity index (χ2n) is 3.68. The third-order valence-electron chi connectivity index (χ3n) is 2.44. The van der Waals surface area contributed by atoms with E-state index in [0.29, 0.717) is 11.3 Å². The molecule has 1 N–H and O–H groups in total. The van der Waals surface area contributed by atoms with E-state index in [1.165, 1.54) is 25.3 Å². The van der Waals surface area contributed by atoms with Gasteiger partial charge in [0, 0.05) is 6.07 Å². The predicted octanol–water partition coefficient (Wildman–Crippen LogP) is 2.18. The molecule has 6 heteroatoms. The molecule has 0 aliphatic rings. The zero-order valence-electron chi connectivity index (χ0n) is 9.54. The van der Waals surface area contributed by atoms with Crippen molar-refractivity contribution in [2.75, 3.05) is 7.11 Å². The van der Waals surface area contributed by atoms with Crippen LogP contribution in [-0.4, -0.2) is 23.1 Å². The Hall–Kier alpha value is -2.11. The lowest BCUT2D eigenvalue weighted by atomic mass is 9.96. The molecule has 1 unspecified atom stereocenters. The molecule has 1 aromatic carbocycles. The smallest absolute Gasteiger partial charge is 0.303 e. The molecule has 92 valence electrons. The van der Waals surface area contributed by atoms with E-state index in [9.17, 15) is 14.9 Å². The maximum atomic E-state index is 10.6. The van der Waals surface area contributed by atoms with Crippen LogP contribution in [0.4, 0.5) is 5.69 Å². The molecule has 0 spiro atoms. The van der Waals surface area contributed by atoms with Crippen molar-refractivity contribution < 1.29 is 19.6 Å². The van der Waals surface area contributed by atoms with Gasteiger partial charge >= 0.3 is 5.97 Å². The van der Waals surface area contributed by atoms with Crippen molar-refractivity contribution in [1.82, 2.24) is 0 Å². The first-order valence-electron chi connectivity index (χ1n) is 4.99. The van der Waals surface area contributed by atoms with Gasteiger partial charge < -0.3 is 9.84 Å². The number of carbonyl (C=O) groups is 1. The predicted molar refractivity (Wildman–Crippen MR) is 60.3 cm³/mol. The van der Waals surface area contributed by atoms with E-state index in [1.54, 1.807) is 6.92 Å². The van der Waals surface area contributed by atoms with Crippen molar-refractivity contribution in [3.05, 3.63) is 33.9 Å². The molecule has 1 aromatic rings. The zero-order valence-corrected chi connectivity index (χ0v) is 9.54. The highest BCUT2D eigenvalue weighted by Crippen LogP contribution is 2.31. The lowest BCUT2D eigenvalue weighted by Crippen LogP contribution is -2.05. The number of rotatable bonds is 5. The molecule has 0 aliphatic heterocycles. The Balaban J connectivity index is 3.07. The molecular weight excluding hydrogens is 226 g/mol. The Bertz CT molecular complexity index is 443. The topological polar surface area (TPSA) is 89.7 Å². The number of nitro groups is 1. The Morgan fingerprint density at radius 3 is 2.71 bits per heavy atom. The van der Waals surface area contributed by atoms with Gasteiger partial charge in [0.1, 0.15) is 5.75 Å². The summed E-state index contributed by atoms with van der Waals surface area (Å²) in [4.78, 5) is 20.7. The first kappa shape index (κ1) is 13.0. The van der Waals surface area contributed by atoms with E-state index in [-0.39, 0.29) is 18.0 Å². The molecule has 1 rings (SSSR count). The summed E-state index contributed by atoms with van der Waals surface area (Å²) in [6.07, 6.45) is -0.0474. The van der Waals surface area contributed by atoms with Gasteiger partial charge in [0.05, 0.1) is 24.5 Å². The largest absolute Gasteiger partial charge is 0.496 e. The number of nitrogens with zero attached hydrogens (tertiary/aromatic N) is 1. The number of ether oxygens (including phenoxy) is 1. The molecule has 0 bridgehead atoms. The molecule has 0 heterocycles. The van der Waals surface area contributed by atoms with Gasteiger partial charge in [-0.1, -0.05) is 6.92 Å². The molecule has 0 saturated heterocycles. The van der Waals surface area contributed by atoms with Crippen molar-refractivity contribution in [2.45, 2.75) is 19.3 Å². The van der Waals surface area contributed by atoms with Crippen LogP contribution in [0.3, 0.4) is 0 Å². The average molecular weight is 239 g/mol. The Kier molecular flexibility index (Phi) is 4.03. The summed E-state index contributed by atoms with van der Waals surface area (Å²) in [5, 5.41) is 19.3. The van der Waals surface area contributed by atoms with Crippen LogP contribution >= 0.6 is 0 Å². The van der Waals surface area contributed by atoms with Crippen molar-refractivity contribution in [2.24, 2.45) is 0 Å². The molecule has 1 atom stereocenters. The van der Waals surface area contributed by atoms with Crippen LogP contribution in [0.15, 0.2) is 18.2 Å². The van der Waals surface area contributed by atoms with Crippen LogP contribution in [0, 0.1) is 10.1 Å². The molecule has 0 aromatic heterocycles. The number of carboxylic acid groups (broad SMARTS) is 1. The number of nitro benzene ring substituents is 1. The van der Waals surface area contributed by atoms with E-state index in [1.807, 2.05) is 0 Å². The van der Waals surface area contributed by atoms with Gasteiger partial charge in [-0.15, -0.1) is 0 Å². The van der Waals surface area contributed by atoms with E-state index in [4.69, 9.17) is 9.84 Å². The third kappa shape index (κ3) is 3.17. The minimum atomic E-state index is -0.919. The van der Waals surface area contributed by atoms with Gasteiger partial charge in [-0.25, -0.2) is 0 Å². The summed E-state index contributed by atoms with van der Waals surface area (Å²) < 4.78 is 5.04. The fourth-order valence-electron chi connectivity index (χ4n) is 1.59. The highest BCUT2D eigenvalue weighted by Gasteiger charge is 2.17. The Morgan fingerprint density at radius 2 is 2.24 bits per heavy atom. The van der Waals surface area contributed by atoms with Gasteiger partial charge in [0.25, 0.3) is 5.69 Å². The summed E-state index contributed by atoms with van der Waals surface area (Å²) in [5.74, 6) is -0.839. The molecule has 17 heavy (non-hydrogen) atoms. The molecule has 0 aliphatic carbocycles. The number of hydrogen-bond donors (Lipinski definition) is 1. The number of non-ortho nitro benzene ring substituents is 1. The van der Waals surface area contributed by atoms with E-state index < -0.39 is 10.9 Å². The Morgan fingerprint density at radius 1 is 1.59 bits per heavy atom. The second-order valence-corrected chi connectivity index (χ2v) is 3.68. The van der Waals surface area contributed by atoms with E-state index >= 15 is 0 Å². The maximum Gasteiger partial charge on any atom is 0.303 e. The standard InChI is InChI=1S/C11H13NO5/c1-7(5-11(13)14)9-4-3-8(12(15)16)6-10(9)17-2/h3-4,6-7H,5H2,1-2H3,(H,13,14). The van der Waals surface area contributed by atoms with Gasteiger partial charge in [-0.2, -0.15) is 0 Å². The first-order chi connectivity index (χ1) is 7.95. The van der Waals surface area contributed by atoms with Gasteiger partial charge in [0.15, 0.2) is 0 Å². The van der Waals surface area contributed by atoms with Gasteiger partial charge in [-0.3, -0.25) is 14.9 Å². The molecule has 6 nitrogen and oxygen atoms in total. The van der Waals surface area contributed by atoms with Crippen molar-refractivity contribution >= 4 is 11.7 Å². The highest BCUT2D eigenvalue weighted by molar-refractivity contribution is 5.68. The summed E-state index contributed by atoms with van der Waals surface area (Å²) in [5.41, 5.74) is 0.577. The van der Waals surface area contributed by atoms with E-state index in [2.05, 4.69) is 0 Å². The maximum absolute atomic E-state index is 10.6. The minimum Gasteiger partial charge on any atom is -0.496 e. The first-order valence-corrected chi connectivity index (χ1v) is 4.99. The second kappa shape index (κ2) is 5.29. The van der Waals surface area contributed by atoms with E-state index in [0.717, 1.165) is 0 Å². The minimum absolute atomic E-state index is 0.0474.